The van der Waals surface area contributed by atoms with E-state index in [0.717, 1.165) is 18.9 Å². The summed E-state index contributed by atoms with van der Waals surface area (Å²) in [6, 6.07) is 2.54. The maximum atomic E-state index is 13.3. The maximum absolute atomic E-state index is 13.3. The van der Waals surface area contributed by atoms with Gasteiger partial charge in [-0.15, -0.1) is 0 Å². The normalized spacial score (nSPS) is 10.7. The molecule has 0 aliphatic carbocycles. The zero-order valence-electron chi connectivity index (χ0n) is 10.6. The van der Waals surface area contributed by atoms with Crippen molar-refractivity contribution in [2.75, 3.05) is 6.61 Å². The fourth-order valence-corrected chi connectivity index (χ4v) is 2.11. The molecule has 0 aliphatic rings. The smallest absolute Gasteiger partial charge is 0.200 e. The Bertz CT molecular complexity index is 369. The van der Waals surface area contributed by atoms with E-state index in [4.69, 9.17) is 4.74 Å². The molecule has 0 amide bonds. The predicted molar refractivity (Wildman–Crippen MR) is 72.9 cm³/mol. The first-order valence-electron chi connectivity index (χ1n) is 6.42. The summed E-state index contributed by atoms with van der Waals surface area (Å²) in [5.41, 5.74) is 0. The second kappa shape index (κ2) is 8.46. The molecule has 1 rings (SSSR count). The fourth-order valence-electron chi connectivity index (χ4n) is 1.70. The lowest BCUT2D eigenvalue weighted by Crippen LogP contribution is -2.00. The lowest BCUT2D eigenvalue weighted by atomic mass is 10.1. The molecule has 0 aliphatic heterocycles. The molecular formula is C14H19BrF2O. The number of hydrogen-bond acceptors (Lipinski definition) is 1. The van der Waals surface area contributed by atoms with Crippen molar-refractivity contribution < 1.29 is 13.5 Å². The van der Waals surface area contributed by atoms with Gasteiger partial charge in [-0.1, -0.05) is 55.0 Å². The molecule has 0 saturated heterocycles. The third-order valence-electron chi connectivity index (χ3n) is 2.72. The molecule has 0 atom stereocenters. The van der Waals surface area contributed by atoms with Gasteiger partial charge >= 0.3 is 0 Å². The minimum atomic E-state index is -0.913. The molecule has 1 aromatic rings. The van der Waals surface area contributed by atoms with Crippen LogP contribution in [0.5, 0.6) is 5.75 Å². The second-order valence-electron chi connectivity index (χ2n) is 4.32. The van der Waals surface area contributed by atoms with E-state index in [9.17, 15) is 8.78 Å². The van der Waals surface area contributed by atoms with Crippen LogP contribution in [0.2, 0.25) is 0 Å². The zero-order valence-corrected chi connectivity index (χ0v) is 12.2. The Kier molecular flexibility index (Phi) is 7.25. The summed E-state index contributed by atoms with van der Waals surface area (Å²) in [5, 5.41) is 0. The van der Waals surface area contributed by atoms with Crippen molar-refractivity contribution in [1.82, 2.24) is 0 Å². The summed E-state index contributed by atoms with van der Waals surface area (Å²) in [6.45, 7) is 2.60. The Hall–Kier alpha value is -0.640. The molecule has 4 heteroatoms. The van der Waals surface area contributed by atoms with Gasteiger partial charge in [0.2, 0.25) is 5.82 Å². The van der Waals surface area contributed by atoms with Crippen LogP contribution >= 0.6 is 15.9 Å². The van der Waals surface area contributed by atoms with Crippen molar-refractivity contribution in [2.45, 2.75) is 45.4 Å². The van der Waals surface area contributed by atoms with E-state index >= 15 is 0 Å². The van der Waals surface area contributed by atoms with Crippen LogP contribution in [-0.2, 0) is 0 Å². The quantitative estimate of drug-likeness (QED) is 0.456. The van der Waals surface area contributed by atoms with Gasteiger partial charge in [0.05, 0.1) is 6.61 Å². The largest absolute Gasteiger partial charge is 0.490 e. The predicted octanol–water partition coefficient (Wildman–Crippen LogP) is 5.47. The standard InChI is InChI=1S/C14H19BrF2O/c1-2-3-4-5-6-7-8-18-13-10-11(15)9-12(16)14(13)17/h9-10H,2-8H2,1H3. The first-order chi connectivity index (χ1) is 8.65. The lowest BCUT2D eigenvalue weighted by molar-refractivity contribution is 0.284. The molecule has 0 bridgehead atoms. The number of rotatable bonds is 8. The second-order valence-corrected chi connectivity index (χ2v) is 5.23. The molecule has 1 nitrogen and oxygen atoms in total. The third-order valence-corrected chi connectivity index (χ3v) is 3.17. The van der Waals surface area contributed by atoms with Gasteiger partial charge in [-0.05, 0) is 18.6 Å². The third kappa shape index (κ3) is 5.34. The van der Waals surface area contributed by atoms with Crippen molar-refractivity contribution in [3.8, 4) is 5.75 Å². The fraction of sp³-hybridized carbons (Fsp3) is 0.571. The minimum Gasteiger partial charge on any atom is -0.490 e. The van der Waals surface area contributed by atoms with E-state index in [-0.39, 0.29) is 5.75 Å². The van der Waals surface area contributed by atoms with Crippen LogP contribution in [0.15, 0.2) is 16.6 Å². The molecule has 0 unspecified atom stereocenters. The van der Waals surface area contributed by atoms with Gasteiger partial charge in [0.1, 0.15) is 0 Å². The highest BCUT2D eigenvalue weighted by atomic mass is 79.9. The van der Waals surface area contributed by atoms with E-state index in [1.807, 2.05) is 0 Å². The number of benzene rings is 1. The first kappa shape index (κ1) is 15.4. The van der Waals surface area contributed by atoms with E-state index in [1.165, 1.54) is 31.7 Å². The van der Waals surface area contributed by atoms with E-state index in [0.29, 0.717) is 11.1 Å². The Morgan fingerprint density at radius 1 is 1.06 bits per heavy atom. The Morgan fingerprint density at radius 3 is 2.44 bits per heavy atom. The van der Waals surface area contributed by atoms with Crippen LogP contribution in [0.3, 0.4) is 0 Å². The molecule has 0 heterocycles. The molecule has 0 aromatic heterocycles. The van der Waals surface area contributed by atoms with Gasteiger partial charge in [-0.2, -0.15) is 4.39 Å². The molecule has 1 aromatic carbocycles. The summed E-state index contributed by atoms with van der Waals surface area (Å²) >= 11 is 3.11. The Labute approximate surface area is 116 Å². The molecule has 102 valence electrons. The van der Waals surface area contributed by atoms with Crippen LogP contribution in [0, 0.1) is 11.6 Å². The SMILES string of the molecule is CCCCCCCCOc1cc(Br)cc(F)c1F. The zero-order chi connectivity index (χ0) is 13.4. The molecule has 18 heavy (non-hydrogen) atoms. The number of ether oxygens (including phenoxy) is 1. The highest BCUT2D eigenvalue weighted by Crippen LogP contribution is 2.25. The Morgan fingerprint density at radius 2 is 1.72 bits per heavy atom. The van der Waals surface area contributed by atoms with Crippen LogP contribution < -0.4 is 4.74 Å². The van der Waals surface area contributed by atoms with E-state index < -0.39 is 11.6 Å². The average Bonchev–Trinajstić information content (AvgIpc) is 2.33. The highest BCUT2D eigenvalue weighted by Gasteiger charge is 2.10. The van der Waals surface area contributed by atoms with Gasteiger partial charge in [0, 0.05) is 4.47 Å². The van der Waals surface area contributed by atoms with Gasteiger partial charge in [0.15, 0.2) is 11.6 Å². The summed E-state index contributed by atoms with van der Waals surface area (Å²) in [6.07, 6.45) is 6.82. The van der Waals surface area contributed by atoms with Gasteiger partial charge in [0.25, 0.3) is 0 Å². The Balaban J connectivity index is 2.27. The highest BCUT2D eigenvalue weighted by molar-refractivity contribution is 9.10. The van der Waals surface area contributed by atoms with Gasteiger partial charge < -0.3 is 4.74 Å². The van der Waals surface area contributed by atoms with Crippen molar-refractivity contribution in [3.05, 3.63) is 28.2 Å². The number of unbranched alkanes of at least 4 members (excludes halogenated alkanes) is 5. The molecule has 0 saturated carbocycles. The summed E-state index contributed by atoms with van der Waals surface area (Å²) in [4.78, 5) is 0. The molecule has 0 N–H and O–H groups in total. The minimum absolute atomic E-state index is 0.0181. The number of hydrogen-bond donors (Lipinski definition) is 0. The van der Waals surface area contributed by atoms with E-state index in [1.54, 1.807) is 0 Å². The monoisotopic (exact) mass is 320 g/mol. The first-order valence-corrected chi connectivity index (χ1v) is 7.21. The van der Waals surface area contributed by atoms with Crippen LogP contribution in [0.25, 0.3) is 0 Å². The van der Waals surface area contributed by atoms with Crippen molar-refractivity contribution >= 4 is 15.9 Å². The van der Waals surface area contributed by atoms with Crippen LogP contribution in [0.4, 0.5) is 8.78 Å². The number of halogens is 3. The summed E-state index contributed by atoms with van der Waals surface area (Å²) in [5.74, 6) is -1.82. The molecule has 0 radical (unpaired) electrons. The van der Waals surface area contributed by atoms with Crippen molar-refractivity contribution in [1.29, 1.82) is 0 Å². The molecule has 0 fully saturated rings. The molecule has 0 spiro atoms. The van der Waals surface area contributed by atoms with Gasteiger partial charge in [-0.25, -0.2) is 4.39 Å². The van der Waals surface area contributed by atoms with Crippen molar-refractivity contribution in [2.24, 2.45) is 0 Å². The van der Waals surface area contributed by atoms with Gasteiger partial charge in [-0.3, -0.25) is 0 Å². The summed E-state index contributed by atoms with van der Waals surface area (Å²) < 4.78 is 32.2. The van der Waals surface area contributed by atoms with Crippen LogP contribution in [-0.4, -0.2) is 6.61 Å². The molecular weight excluding hydrogens is 302 g/mol. The van der Waals surface area contributed by atoms with E-state index in [2.05, 4.69) is 22.9 Å². The lowest BCUT2D eigenvalue weighted by Gasteiger charge is -2.08. The summed E-state index contributed by atoms with van der Waals surface area (Å²) in [7, 11) is 0. The average molecular weight is 321 g/mol. The maximum Gasteiger partial charge on any atom is 0.200 e. The topological polar surface area (TPSA) is 9.23 Å². The van der Waals surface area contributed by atoms with Crippen LogP contribution in [0.1, 0.15) is 45.4 Å². The van der Waals surface area contributed by atoms with Crippen molar-refractivity contribution in [3.63, 3.8) is 0 Å².